The molecular weight excluding hydrogens is 228 g/mol. The van der Waals surface area contributed by atoms with Gasteiger partial charge in [-0.25, -0.2) is 4.98 Å². The van der Waals surface area contributed by atoms with Gasteiger partial charge in [0.2, 0.25) is 0 Å². The van der Waals surface area contributed by atoms with Crippen molar-refractivity contribution in [3.8, 4) is 0 Å². The lowest BCUT2D eigenvalue weighted by atomic mass is 10.4. The second kappa shape index (κ2) is 5.66. The Morgan fingerprint density at radius 2 is 2.25 bits per heavy atom. The predicted molar refractivity (Wildman–Crippen MR) is 64.6 cm³/mol. The fourth-order valence-electron chi connectivity index (χ4n) is 1.02. The summed E-state index contributed by atoms with van der Waals surface area (Å²) in [6, 6.07) is 2.70. The summed E-state index contributed by atoms with van der Waals surface area (Å²) in [6.07, 6.45) is 0. The molecule has 1 aromatic heterocycles. The largest absolute Gasteiger partial charge is 0.383 e. The normalized spacial score (nSPS) is 10.7. The molecule has 6 nitrogen and oxygen atoms in total. The number of thioether (sulfide) groups is 1. The highest BCUT2D eigenvalue weighted by molar-refractivity contribution is 7.99. The maximum atomic E-state index is 10.6. The molecular formula is C9H14N4O2S. The van der Waals surface area contributed by atoms with Crippen molar-refractivity contribution in [1.29, 1.82) is 0 Å². The Bertz CT molecular complexity index is 384. The molecule has 0 saturated carbocycles. The van der Waals surface area contributed by atoms with E-state index in [1.54, 1.807) is 0 Å². The summed E-state index contributed by atoms with van der Waals surface area (Å²) in [4.78, 5) is 16.2. The highest BCUT2D eigenvalue weighted by atomic mass is 32.2. The van der Waals surface area contributed by atoms with Crippen molar-refractivity contribution in [1.82, 2.24) is 9.88 Å². The second-order valence-corrected chi connectivity index (χ2v) is 4.61. The van der Waals surface area contributed by atoms with Crippen molar-refractivity contribution in [3.63, 3.8) is 0 Å². The minimum atomic E-state index is -0.464. The first-order valence-corrected chi connectivity index (χ1v) is 5.67. The van der Waals surface area contributed by atoms with Gasteiger partial charge in [0.25, 0.3) is 5.69 Å². The first-order chi connectivity index (χ1) is 7.49. The molecule has 0 aliphatic rings. The van der Waals surface area contributed by atoms with E-state index in [-0.39, 0.29) is 11.5 Å². The van der Waals surface area contributed by atoms with E-state index < -0.39 is 4.92 Å². The smallest absolute Gasteiger partial charge is 0.275 e. The maximum Gasteiger partial charge on any atom is 0.275 e. The summed E-state index contributed by atoms with van der Waals surface area (Å²) in [5.41, 5.74) is 5.48. The summed E-state index contributed by atoms with van der Waals surface area (Å²) in [6.45, 7) is 0.884. The summed E-state index contributed by atoms with van der Waals surface area (Å²) in [5, 5.41) is 11.2. The number of nitrogen functional groups attached to an aromatic ring is 1. The molecule has 0 radical (unpaired) electrons. The van der Waals surface area contributed by atoms with Crippen LogP contribution in [0.1, 0.15) is 0 Å². The number of nitro groups is 1. The molecule has 0 spiro atoms. The lowest BCUT2D eigenvalue weighted by Crippen LogP contribution is -2.14. The Kier molecular flexibility index (Phi) is 4.51. The average molecular weight is 242 g/mol. The van der Waals surface area contributed by atoms with E-state index in [4.69, 9.17) is 5.73 Å². The third-order valence-corrected chi connectivity index (χ3v) is 2.70. The first kappa shape index (κ1) is 12.7. The van der Waals surface area contributed by atoms with Crippen LogP contribution in [0.4, 0.5) is 11.5 Å². The Morgan fingerprint density at radius 3 is 2.81 bits per heavy atom. The lowest BCUT2D eigenvalue weighted by Gasteiger charge is -2.08. The Balaban J connectivity index is 2.69. The van der Waals surface area contributed by atoms with Crippen LogP contribution in [0.25, 0.3) is 0 Å². The summed E-state index contributed by atoms with van der Waals surface area (Å²) < 4.78 is 0. The third-order valence-electron chi connectivity index (χ3n) is 1.81. The molecule has 2 N–H and O–H groups in total. The summed E-state index contributed by atoms with van der Waals surface area (Å²) >= 11 is 1.46. The second-order valence-electron chi connectivity index (χ2n) is 3.50. The number of anilines is 1. The van der Waals surface area contributed by atoms with E-state index in [0.29, 0.717) is 5.03 Å². The zero-order valence-electron chi connectivity index (χ0n) is 9.21. The standard InChI is InChI=1S/C9H14N4O2S/c1-12(2)3-4-16-9-6-7(13(14)15)5-8(10)11-9/h5-6H,3-4H2,1-2H3,(H2,10,11). The fraction of sp³-hybridized carbons (Fsp3) is 0.444. The van der Waals surface area contributed by atoms with Crippen LogP contribution < -0.4 is 5.73 Å². The van der Waals surface area contributed by atoms with E-state index in [1.165, 1.54) is 23.9 Å². The first-order valence-electron chi connectivity index (χ1n) is 4.68. The molecule has 7 heteroatoms. The van der Waals surface area contributed by atoms with Gasteiger partial charge in [0.1, 0.15) is 10.8 Å². The van der Waals surface area contributed by atoms with Crippen molar-refractivity contribution in [2.75, 3.05) is 32.1 Å². The van der Waals surface area contributed by atoms with Gasteiger partial charge in [-0.3, -0.25) is 10.1 Å². The highest BCUT2D eigenvalue weighted by Crippen LogP contribution is 2.23. The number of nitrogens with zero attached hydrogens (tertiary/aromatic N) is 3. The molecule has 0 atom stereocenters. The quantitative estimate of drug-likeness (QED) is 0.475. The fourth-order valence-corrected chi connectivity index (χ4v) is 2.06. The van der Waals surface area contributed by atoms with Crippen LogP contribution >= 0.6 is 11.8 Å². The van der Waals surface area contributed by atoms with E-state index in [0.717, 1.165) is 12.3 Å². The Labute approximate surface area is 98.0 Å². The van der Waals surface area contributed by atoms with Crippen LogP contribution in [-0.4, -0.2) is 41.2 Å². The van der Waals surface area contributed by atoms with Crippen molar-refractivity contribution < 1.29 is 4.92 Å². The molecule has 0 aliphatic carbocycles. The van der Waals surface area contributed by atoms with Gasteiger partial charge in [0.05, 0.1) is 11.0 Å². The zero-order valence-corrected chi connectivity index (χ0v) is 10.0. The molecule has 0 unspecified atom stereocenters. The van der Waals surface area contributed by atoms with Gasteiger partial charge in [-0.05, 0) is 14.1 Å². The van der Waals surface area contributed by atoms with Gasteiger partial charge in [-0.15, -0.1) is 11.8 Å². The highest BCUT2D eigenvalue weighted by Gasteiger charge is 2.09. The van der Waals surface area contributed by atoms with E-state index in [9.17, 15) is 10.1 Å². The lowest BCUT2D eigenvalue weighted by molar-refractivity contribution is -0.385. The van der Waals surface area contributed by atoms with Crippen molar-refractivity contribution >= 4 is 23.3 Å². The van der Waals surface area contributed by atoms with E-state index in [1.807, 2.05) is 19.0 Å². The average Bonchev–Trinajstić information content (AvgIpc) is 2.16. The van der Waals surface area contributed by atoms with Gasteiger partial charge < -0.3 is 10.6 Å². The molecule has 1 heterocycles. The van der Waals surface area contributed by atoms with Crippen LogP contribution in [0.2, 0.25) is 0 Å². The Morgan fingerprint density at radius 1 is 1.56 bits per heavy atom. The van der Waals surface area contributed by atoms with E-state index >= 15 is 0 Å². The molecule has 1 rings (SSSR count). The summed E-state index contributed by atoms with van der Waals surface area (Å²) in [5.74, 6) is 1.00. The van der Waals surface area contributed by atoms with Crippen molar-refractivity contribution in [3.05, 3.63) is 22.2 Å². The maximum absolute atomic E-state index is 10.6. The van der Waals surface area contributed by atoms with Gasteiger partial charge in [0, 0.05) is 18.4 Å². The van der Waals surface area contributed by atoms with Gasteiger partial charge in [-0.2, -0.15) is 0 Å². The molecule has 0 fully saturated rings. The van der Waals surface area contributed by atoms with Crippen LogP contribution in [0.15, 0.2) is 17.2 Å². The molecule has 1 aromatic rings. The van der Waals surface area contributed by atoms with Crippen LogP contribution in [0.5, 0.6) is 0 Å². The molecule has 0 aliphatic heterocycles. The topological polar surface area (TPSA) is 85.3 Å². The predicted octanol–water partition coefficient (Wildman–Crippen LogP) is 1.23. The van der Waals surface area contributed by atoms with Gasteiger partial charge >= 0.3 is 0 Å². The molecule has 0 aromatic carbocycles. The zero-order chi connectivity index (χ0) is 12.1. The number of hydrogen-bond donors (Lipinski definition) is 1. The molecule has 88 valence electrons. The number of nitrogens with two attached hydrogens (primary N) is 1. The van der Waals surface area contributed by atoms with Crippen LogP contribution in [0.3, 0.4) is 0 Å². The molecule has 0 saturated heterocycles. The molecule has 0 bridgehead atoms. The SMILES string of the molecule is CN(C)CCSc1cc([N+](=O)[O-])cc(N)n1. The molecule has 0 amide bonds. The van der Waals surface area contributed by atoms with Crippen LogP contribution in [-0.2, 0) is 0 Å². The van der Waals surface area contributed by atoms with Crippen LogP contribution in [0, 0.1) is 10.1 Å². The minimum absolute atomic E-state index is 0.0140. The third kappa shape index (κ3) is 4.03. The van der Waals surface area contributed by atoms with Crippen molar-refractivity contribution in [2.24, 2.45) is 0 Å². The number of hydrogen-bond acceptors (Lipinski definition) is 6. The Hall–Kier alpha value is -1.34. The molecule has 16 heavy (non-hydrogen) atoms. The van der Waals surface area contributed by atoms with Gasteiger partial charge in [0.15, 0.2) is 0 Å². The van der Waals surface area contributed by atoms with Gasteiger partial charge in [-0.1, -0.05) is 0 Å². The van der Waals surface area contributed by atoms with E-state index in [2.05, 4.69) is 4.98 Å². The van der Waals surface area contributed by atoms with Crippen molar-refractivity contribution in [2.45, 2.75) is 5.03 Å². The number of rotatable bonds is 5. The summed E-state index contributed by atoms with van der Waals surface area (Å²) in [7, 11) is 3.94. The minimum Gasteiger partial charge on any atom is -0.383 e. The number of pyridine rings is 1. The monoisotopic (exact) mass is 242 g/mol. The number of aromatic nitrogens is 1.